The summed E-state index contributed by atoms with van der Waals surface area (Å²) >= 11 is 0. The molecule has 0 radical (unpaired) electrons. The fraction of sp³-hybridized carbons (Fsp3) is 0.250. The summed E-state index contributed by atoms with van der Waals surface area (Å²) in [5.74, 6) is 0.302. The lowest BCUT2D eigenvalue weighted by Crippen LogP contribution is -2.25. The van der Waals surface area contributed by atoms with E-state index in [1.165, 1.54) is 6.07 Å². The zero-order chi connectivity index (χ0) is 13.5. The lowest BCUT2D eigenvalue weighted by atomic mass is 9.87. The second-order valence-corrected chi connectivity index (χ2v) is 4.86. The number of aliphatic hydroxyl groups is 1. The van der Waals surface area contributed by atoms with Crippen molar-refractivity contribution < 1.29 is 14.2 Å². The highest BCUT2D eigenvalue weighted by Gasteiger charge is 2.40. The van der Waals surface area contributed by atoms with Crippen LogP contribution in [0.1, 0.15) is 23.1 Å². The van der Waals surface area contributed by atoms with Crippen LogP contribution in [0.2, 0.25) is 0 Å². The molecule has 0 aliphatic heterocycles. The highest BCUT2D eigenvalue weighted by Crippen LogP contribution is 2.44. The van der Waals surface area contributed by atoms with Crippen LogP contribution in [0.25, 0.3) is 0 Å². The molecule has 19 heavy (non-hydrogen) atoms. The first kappa shape index (κ1) is 12.2. The standard InChI is InChI=1S/C16H15FO2/c1-19-12-7-6-11-8-9-16(18,14(11)10-12)13-4-2-3-5-15(13)17/h2-7,10,18H,8-9H2,1H3. The Balaban J connectivity index is 2.17. The number of methoxy groups -OCH3 is 1. The number of hydrogen-bond acceptors (Lipinski definition) is 2. The van der Waals surface area contributed by atoms with Crippen molar-refractivity contribution in [3.63, 3.8) is 0 Å². The largest absolute Gasteiger partial charge is 0.497 e. The zero-order valence-corrected chi connectivity index (χ0v) is 10.7. The van der Waals surface area contributed by atoms with E-state index in [0.29, 0.717) is 17.7 Å². The average molecular weight is 258 g/mol. The summed E-state index contributed by atoms with van der Waals surface area (Å²) in [6.45, 7) is 0. The molecule has 2 nitrogen and oxygen atoms in total. The molecule has 98 valence electrons. The molecule has 3 heteroatoms. The SMILES string of the molecule is COc1ccc2c(c1)C(O)(c1ccccc1F)CC2. The maximum Gasteiger partial charge on any atom is 0.129 e. The molecule has 0 fully saturated rings. The quantitative estimate of drug-likeness (QED) is 0.897. The van der Waals surface area contributed by atoms with Gasteiger partial charge in [0.05, 0.1) is 7.11 Å². The normalized spacial score (nSPS) is 21.2. The van der Waals surface area contributed by atoms with Crippen LogP contribution in [-0.4, -0.2) is 12.2 Å². The first-order valence-electron chi connectivity index (χ1n) is 6.30. The van der Waals surface area contributed by atoms with Crippen LogP contribution < -0.4 is 4.74 Å². The molecule has 0 spiro atoms. The maximum atomic E-state index is 14.0. The smallest absolute Gasteiger partial charge is 0.129 e. The van der Waals surface area contributed by atoms with E-state index >= 15 is 0 Å². The van der Waals surface area contributed by atoms with Gasteiger partial charge in [-0.25, -0.2) is 4.39 Å². The van der Waals surface area contributed by atoms with E-state index in [0.717, 1.165) is 17.5 Å². The van der Waals surface area contributed by atoms with Crippen LogP contribution >= 0.6 is 0 Å². The Hall–Kier alpha value is -1.87. The third kappa shape index (κ3) is 1.81. The van der Waals surface area contributed by atoms with Crippen molar-refractivity contribution in [2.75, 3.05) is 7.11 Å². The zero-order valence-electron chi connectivity index (χ0n) is 10.7. The lowest BCUT2D eigenvalue weighted by Gasteiger charge is -2.25. The summed E-state index contributed by atoms with van der Waals surface area (Å²) in [5, 5.41) is 10.9. The van der Waals surface area contributed by atoms with Crippen molar-refractivity contribution in [2.45, 2.75) is 18.4 Å². The van der Waals surface area contributed by atoms with E-state index < -0.39 is 5.60 Å². The third-order valence-electron chi connectivity index (χ3n) is 3.84. The summed E-state index contributed by atoms with van der Waals surface area (Å²) in [6, 6.07) is 12.0. The van der Waals surface area contributed by atoms with Crippen molar-refractivity contribution in [3.8, 4) is 5.75 Å². The van der Waals surface area contributed by atoms with Crippen molar-refractivity contribution in [2.24, 2.45) is 0 Å². The maximum absolute atomic E-state index is 14.0. The predicted molar refractivity (Wildman–Crippen MR) is 70.7 cm³/mol. The number of fused-ring (bicyclic) bond motifs is 1. The van der Waals surface area contributed by atoms with Crippen molar-refractivity contribution >= 4 is 0 Å². The van der Waals surface area contributed by atoms with Gasteiger partial charge >= 0.3 is 0 Å². The Labute approximate surface area is 111 Å². The van der Waals surface area contributed by atoms with Gasteiger partial charge in [-0.2, -0.15) is 0 Å². The number of aryl methyl sites for hydroxylation is 1. The second-order valence-electron chi connectivity index (χ2n) is 4.86. The molecule has 1 atom stereocenters. The number of hydrogen-bond donors (Lipinski definition) is 1. The van der Waals surface area contributed by atoms with Crippen molar-refractivity contribution in [3.05, 3.63) is 65.0 Å². The fourth-order valence-corrected chi connectivity index (χ4v) is 2.81. The van der Waals surface area contributed by atoms with Gasteiger partial charge in [0.2, 0.25) is 0 Å². The molecule has 0 heterocycles. The monoisotopic (exact) mass is 258 g/mol. The highest BCUT2D eigenvalue weighted by atomic mass is 19.1. The minimum absolute atomic E-state index is 0.335. The Morgan fingerprint density at radius 2 is 1.95 bits per heavy atom. The number of halogens is 1. The molecule has 1 aliphatic rings. The minimum atomic E-state index is -1.25. The molecular weight excluding hydrogens is 243 g/mol. The van der Waals surface area contributed by atoms with Gasteiger partial charge in [-0.05, 0) is 42.2 Å². The third-order valence-corrected chi connectivity index (χ3v) is 3.84. The molecule has 1 N–H and O–H groups in total. The van der Waals surface area contributed by atoms with Crippen LogP contribution in [0.5, 0.6) is 5.75 Å². The van der Waals surface area contributed by atoms with Crippen LogP contribution in [-0.2, 0) is 12.0 Å². The summed E-state index contributed by atoms with van der Waals surface area (Å²) in [6.07, 6.45) is 1.24. The Morgan fingerprint density at radius 3 is 2.68 bits per heavy atom. The Morgan fingerprint density at radius 1 is 1.16 bits per heavy atom. The molecule has 2 aromatic rings. The Bertz CT molecular complexity index is 624. The molecule has 1 unspecified atom stereocenters. The Kier molecular flexibility index (Phi) is 2.79. The van der Waals surface area contributed by atoms with Crippen LogP contribution in [0, 0.1) is 5.82 Å². The van der Waals surface area contributed by atoms with Crippen LogP contribution in [0.3, 0.4) is 0 Å². The number of rotatable bonds is 2. The van der Waals surface area contributed by atoms with Gasteiger partial charge in [-0.15, -0.1) is 0 Å². The fourth-order valence-electron chi connectivity index (χ4n) is 2.81. The topological polar surface area (TPSA) is 29.5 Å². The van der Waals surface area contributed by atoms with Gasteiger partial charge in [0.15, 0.2) is 0 Å². The molecule has 0 amide bonds. The van der Waals surface area contributed by atoms with Crippen LogP contribution in [0.4, 0.5) is 4.39 Å². The lowest BCUT2D eigenvalue weighted by molar-refractivity contribution is 0.0787. The molecule has 0 bridgehead atoms. The minimum Gasteiger partial charge on any atom is -0.497 e. The van der Waals surface area contributed by atoms with Gasteiger partial charge in [-0.3, -0.25) is 0 Å². The summed E-state index contributed by atoms with van der Waals surface area (Å²) < 4.78 is 19.2. The first-order chi connectivity index (χ1) is 9.15. The first-order valence-corrected chi connectivity index (χ1v) is 6.30. The molecule has 0 aromatic heterocycles. The number of benzene rings is 2. The van der Waals surface area contributed by atoms with E-state index in [2.05, 4.69) is 0 Å². The molecule has 0 saturated carbocycles. The van der Waals surface area contributed by atoms with Crippen LogP contribution in [0.15, 0.2) is 42.5 Å². The molecule has 2 aromatic carbocycles. The highest BCUT2D eigenvalue weighted by molar-refractivity contribution is 5.48. The van der Waals surface area contributed by atoms with Gasteiger partial charge in [0.25, 0.3) is 0 Å². The van der Waals surface area contributed by atoms with Gasteiger partial charge in [0, 0.05) is 5.56 Å². The molecule has 0 saturated heterocycles. The molecular formula is C16H15FO2. The van der Waals surface area contributed by atoms with E-state index in [4.69, 9.17) is 4.74 Å². The van der Waals surface area contributed by atoms with Crippen molar-refractivity contribution in [1.82, 2.24) is 0 Å². The molecule has 1 aliphatic carbocycles. The van der Waals surface area contributed by atoms with E-state index in [1.807, 2.05) is 12.1 Å². The summed E-state index contributed by atoms with van der Waals surface area (Å²) in [4.78, 5) is 0. The van der Waals surface area contributed by atoms with Gasteiger partial charge in [-0.1, -0.05) is 24.3 Å². The number of ether oxygens (including phenoxy) is 1. The molecule has 3 rings (SSSR count). The van der Waals surface area contributed by atoms with E-state index in [9.17, 15) is 9.50 Å². The van der Waals surface area contributed by atoms with E-state index in [1.54, 1.807) is 31.4 Å². The van der Waals surface area contributed by atoms with Gasteiger partial charge in [0.1, 0.15) is 17.2 Å². The van der Waals surface area contributed by atoms with Gasteiger partial charge < -0.3 is 9.84 Å². The summed E-state index contributed by atoms with van der Waals surface area (Å²) in [5.41, 5.74) is 0.875. The predicted octanol–water partition coefficient (Wildman–Crippen LogP) is 3.02. The summed E-state index contributed by atoms with van der Waals surface area (Å²) in [7, 11) is 1.58. The average Bonchev–Trinajstić information content (AvgIpc) is 2.77. The van der Waals surface area contributed by atoms with Crippen molar-refractivity contribution in [1.29, 1.82) is 0 Å². The second kappa shape index (κ2) is 4.35. The van der Waals surface area contributed by atoms with E-state index in [-0.39, 0.29) is 5.82 Å².